The van der Waals surface area contributed by atoms with Crippen LogP contribution in [0.5, 0.6) is 0 Å². The van der Waals surface area contributed by atoms with E-state index >= 15 is 0 Å². The molecular weight excluding hydrogens is 268 g/mol. The van der Waals surface area contributed by atoms with Gasteiger partial charge >= 0.3 is 6.03 Å². The summed E-state index contributed by atoms with van der Waals surface area (Å²) in [5.41, 5.74) is 1.13. The molecule has 0 bridgehead atoms. The van der Waals surface area contributed by atoms with E-state index in [1.807, 2.05) is 0 Å². The molecule has 0 fully saturated rings. The lowest BCUT2D eigenvalue weighted by atomic mass is 10.2. The molecule has 3 amide bonds. The van der Waals surface area contributed by atoms with E-state index in [1.165, 1.54) is 11.0 Å². The van der Waals surface area contributed by atoms with Crippen LogP contribution >= 0.6 is 11.6 Å². The highest BCUT2D eigenvalue weighted by molar-refractivity contribution is 6.29. The third kappa shape index (κ3) is 5.13. The average molecular weight is 285 g/mol. The fourth-order valence-electron chi connectivity index (χ4n) is 1.36. The molecule has 1 aromatic heterocycles. The first-order valence-corrected chi connectivity index (χ1v) is 6.15. The van der Waals surface area contributed by atoms with E-state index in [9.17, 15) is 9.59 Å². The van der Waals surface area contributed by atoms with Crippen LogP contribution in [0.15, 0.2) is 12.1 Å². The molecule has 1 aromatic rings. The molecular formula is C12H17ClN4O2. The number of urea groups is 1. The first-order valence-electron chi connectivity index (χ1n) is 5.77. The number of rotatable bonds is 4. The monoisotopic (exact) mass is 284 g/mol. The van der Waals surface area contributed by atoms with Crippen LogP contribution in [0.1, 0.15) is 16.1 Å². The van der Waals surface area contributed by atoms with E-state index in [1.54, 1.807) is 27.1 Å². The van der Waals surface area contributed by atoms with Crippen LogP contribution in [-0.4, -0.2) is 49.0 Å². The summed E-state index contributed by atoms with van der Waals surface area (Å²) < 4.78 is 0. The van der Waals surface area contributed by atoms with Gasteiger partial charge in [0.2, 0.25) is 0 Å². The average Bonchev–Trinajstić information content (AvgIpc) is 2.32. The zero-order valence-corrected chi connectivity index (χ0v) is 11.9. The number of halogens is 1. The molecule has 0 spiro atoms. The second kappa shape index (κ2) is 6.94. The van der Waals surface area contributed by atoms with E-state index in [2.05, 4.69) is 15.6 Å². The van der Waals surface area contributed by atoms with Crippen LogP contribution in [0.2, 0.25) is 5.15 Å². The highest BCUT2D eigenvalue weighted by Crippen LogP contribution is 2.09. The summed E-state index contributed by atoms with van der Waals surface area (Å²) in [7, 11) is 3.30. The Kier molecular flexibility index (Phi) is 5.57. The number of hydrogen-bond acceptors (Lipinski definition) is 3. The van der Waals surface area contributed by atoms with Gasteiger partial charge in [-0.1, -0.05) is 11.6 Å². The molecule has 0 aliphatic carbocycles. The van der Waals surface area contributed by atoms with E-state index in [4.69, 9.17) is 11.6 Å². The summed E-state index contributed by atoms with van der Waals surface area (Å²) in [6, 6.07) is 2.96. The van der Waals surface area contributed by atoms with Crippen molar-refractivity contribution in [3.05, 3.63) is 28.5 Å². The van der Waals surface area contributed by atoms with Gasteiger partial charge in [0, 0.05) is 38.4 Å². The molecule has 104 valence electrons. The van der Waals surface area contributed by atoms with Crippen LogP contribution in [0, 0.1) is 6.92 Å². The number of amides is 3. The largest absolute Gasteiger partial charge is 0.350 e. The molecule has 6 nitrogen and oxygen atoms in total. The number of carbonyl (C=O) groups excluding carboxylic acids is 2. The molecule has 0 unspecified atom stereocenters. The van der Waals surface area contributed by atoms with Gasteiger partial charge in [0.25, 0.3) is 5.91 Å². The summed E-state index contributed by atoms with van der Waals surface area (Å²) in [5.74, 6) is -0.244. The molecule has 2 N–H and O–H groups in total. The van der Waals surface area contributed by atoms with Crippen molar-refractivity contribution in [2.45, 2.75) is 6.92 Å². The number of nitrogens with one attached hydrogen (secondary N) is 2. The van der Waals surface area contributed by atoms with Crippen molar-refractivity contribution >= 4 is 23.5 Å². The summed E-state index contributed by atoms with van der Waals surface area (Å²) in [4.78, 5) is 28.4. The topological polar surface area (TPSA) is 74.3 Å². The fourth-order valence-corrected chi connectivity index (χ4v) is 1.62. The first-order chi connectivity index (χ1) is 8.90. The van der Waals surface area contributed by atoms with Crippen molar-refractivity contribution in [3.63, 3.8) is 0 Å². The van der Waals surface area contributed by atoms with Gasteiger partial charge in [0.1, 0.15) is 5.15 Å². The smallest absolute Gasteiger partial charge is 0.316 e. The summed E-state index contributed by atoms with van der Waals surface area (Å²) in [5, 5.41) is 5.62. The number of hydrogen-bond donors (Lipinski definition) is 2. The number of pyridine rings is 1. The van der Waals surface area contributed by atoms with Crippen LogP contribution in [0.4, 0.5) is 4.79 Å². The molecule has 0 radical (unpaired) electrons. The number of nitrogens with zero attached hydrogens (tertiary/aromatic N) is 2. The molecule has 0 aliphatic heterocycles. The van der Waals surface area contributed by atoms with Crippen molar-refractivity contribution in [1.29, 1.82) is 0 Å². The zero-order chi connectivity index (χ0) is 14.4. The summed E-state index contributed by atoms with van der Waals surface area (Å²) in [6.07, 6.45) is 0. The first kappa shape index (κ1) is 15.2. The Morgan fingerprint density at radius 3 is 2.47 bits per heavy atom. The van der Waals surface area contributed by atoms with E-state index in [0.717, 1.165) is 0 Å². The lowest BCUT2D eigenvalue weighted by Crippen LogP contribution is -2.39. The molecule has 1 rings (SSSR count). The van der Waals surface area contributed by atoms with Crippen LogP contribution in [0.3, 0.4) is 0 Å². The van der Waals surface area contributed by atoms with Crippen molar-refractivity contribution in [3.8, 4) is 0 Å². The minimum atomic E-state index is -0.244. The molecule has 1 heterocycles. The standard InChI is InChI=1S/C12H17ClN4O2/c1-8-6-9(7-10(13)16-8)11(18)14-4-5-15-12(19)17(2)3/h6-7H,4-5H2,1-3H3,(H,14,18)(H,15,19). The normalized spacial score (nSPS) is 9.89. The predicted molar refractivity (Wildman–Crippen MR) is 73.4 cm³/mol. The molecule has 0 saturated heterocycles. The van der Waals surface area contributed by atoms with Crippen LogP contribution < -0.4 is 10.6 Å². The summed E-state index contributed by atoms with van der Waals surface area (Å²) >= 11 is 5.78. The van der Waals surface area contributed by atoms with Gasteiger partial charge in [-0.2, -0.15) is 0 Å². The van der Waals surface area contributed by atoms with Gasteiger partial charge in [0.05, 0.1) is 0 Å². The van der Waals surface area contributed by atoms with Crippen LogP contribution in [0.25, 0.3) is 0 Å². The lowest BCUT2D eigenvalue weighted by Gasteiger charge is -2.12. The Morgan fingerprint density at radius 2 is 1.89 bits per heavy atom. The minimum absolute atomic E-state index is 0.197. The molecule has 0 aliphatic rings. The number of aryl methyl sites for hydroxylation is 1. The fraction of sp³-hybridized carbons (Fsp3) is 0.417. The Balaban J connectivity index is 2.41. The van der Waals surface area contributed by atoms with Crippen molar-refractivity contribution in [2.24, 2.45) is 0 Å². The number of aromatic nitrogens is 1. The third-order valence-electron chi connectivity index (χ3n) is 2.28. The maximum absolute atomic E-state index is 11.8. The Labute approximate surface area is 117 Å². The van der Waals surface area contributed by atoms with Crippen molar-refractivity contribution in [1.82, 2.24) is 20.5 Å². The summed E-state index contributed by atoms with van der Waals surface area (Å²) in [6.45, 7) is 2.47. The molecule has 0 atom stereocenters. The van der Waals surface area contributed by atoms with Gasteiger partial charge in [-0.3, -0.25) is 4.79 Å². The van der Waals surface area contributed by atoms with Gasteiger partial charge in [-0.15, -0.1) is 0 Å². The molecule has 7 heteroatoms. The van der Waals surface area contributed by atoms with Crippen molar-refractivity contribution in [2.75, 3.05) is 27.2 Å². The highest BCUT2D eigenvalue weighted by Gasteiger charge is 2.08. The van der Waals surface area contributed by atoms with E-state index in [0.29, 0.717) is 24.3 Å². The minimum Gasteiger partial charge on any atom is -0.350 e. The van der Waals surface area contributed by atoms with Gasteiger partial charge in [-0.05, 0) is 19.1 Å². The maximum Gasteiger partial charge on any atom is 0.316 e. The lowest BCUT2D eigenvalue weighted by molar-refractivity contribution is 0.0953. The maximum atomic E-state index is 11.8. The Morgan fingerprint density at radius 1 is 1.26 bits per heavy atom. The second-order valence-electron chi connectivity index (χ2n) is 4.20. The SMILES string of the molecule is Cc1cc(C(=O)NCCNC(=O)N(C)C)cc(Cl)n1. The van der Waals surface area contributed by atoms with Crippen LogP contribution in [-0.2, 0) is 0 Å². The molecule has 19 heavy (non-hydrogen) atoms. The van der Waals surface area contributed by atoms with Gasteiger partial charge in [-0.25, -0.2) is 9.78 Å². The quantitative estimate of drug-likeness (QED) is 0.641. The molecule has 0 aromatic carbocycles. The highest BCUT2D eigenvalue weighted by atomic mass is 35.5. The number of carbonyl (C=O) groups is 2. The Bertz CT molecular complexity index is 457. The van der Waals surface area contributed by atoms with Gasteiger partial charge < -0.3 is 15.5 Å². The van der Waals surface area contributed by atoms with Gasteiger partial charge in [0.15, 0.2) is 0 Å². The molecule has 0 saturated carbocycles. The van der Waals surface area contributed by atoms with E-state index < -0.39 is 0 Å². The third-order valence-corrected chi connectivity index (χ3v) is 2.47. The predicted octanol–water partition coefficient (Wildman–Crippen LogP) is 1.04. The second-order valence-corrected chi connectivity index (χ2v) is 4.59. The van der Waals surface area contributed by atoms with E-state index in [-0.39, 0.29) is 17.1 Å². The van der Waals surface area contributed by atoms with Crippen molar-refractivity contribution < 1.29 is 9.59 Å². The Hall–Kier alpha value is -1.82. The zero-order valence-electron chi connectivity index (χ0n) is 11.2.